The lowest BCUT2D eigenvalue weighted by Gasteiger charge is -2.36. The fourth-order valence-corrected chi connectivity index (χ4v) is 5.60. The Labute approximate surface area is 221 Å². The van der Waals surface area contributed by atoms with E-state index in [4.69, 9.17) is 5.73 Å². The van der Waals surface area contributed by atoms with Gasteiger partial charge in [0.2, 0.25) is 5.91 Å². The monoisotopic (exact) mass is 528 g/mol. The van der Waals surface area contributed by atoms with Gasteiger partial charge in [-0.1, -0.05) is 50.6 Å². The zero-order valence-corrected chi connectivity index (χ0v) is 21.9. The number of benzene rings is 2. The van der Waals surface area contributed by atoms with Crippen molar-refractivity contribution in [2.75, 3.05) is 0 Å². The smallest absolute Gasteiger partial charge is 0.369 e. The summed E-state index contributed by atoms with van der Waals surface area (Å²) in [5, 5.41) is 3.06. The van der Waals surface area contributed by atoms with Crippen molar-refractivity contribution >= 4 is 17.8 Å². The molecule has 0 aromatic heterocycles. The SMILES string of the molecule is CC.NC1=NC2CCCCc3ccc4c(c3)C(CC4)NC(=O)c3cccc(c3)C(CC(F)(F)F)N1C(=O)C2. The van der Waals surface area contributed by atoms with Crippen LogP contribution >= 0.6 is 0 Å². The predicted molar refractivity (Wildman–Crippen MR) is 141 cm³/mol. The minimum absolute atomic E-state index is 0.00968. The number of nitrogens with zero attached hydrogens (tertiary/aromatic N) is 2. The number of aliphatic imine (C=N–C) groups is 1. The van der Waals surface area contributed by atoms with Crippen LogP contribution in [0.3, 0.4) is 0 Å². The van der Waals surface area contributed by atoms with Crippen molar-refractivity contribution in [3.05, 3.63) is 70.3 Å². The molecule has 6 nitrogen and oxygen atoms in total. The van der Waals surface area contributed by atoms with Gasteiger partial charge in [0.1, 0.15) is 0 Å². The van der Waals surface area contributed by atoms with E-state index in [1.165, 1.54) is 29.3 Å². The molecule has 3 atom stereocenters. The third-order valence-electron chi connectivity index (χ3n) is 7.36. The molecule has 0 fully saturated rings. The van der Waals surface area contributed by atoms with Crippen LogP contribution in [-0.4, -0.2) is 34.9 Å². The van der Waals surface area contributed by atoms with Crippen molar-refractivity contribution in [3.63, 3.8) is 0 Å². The number of rotatable bonds is 1. The van der Waals surface area contributed by atoms with E-state index in [9.17, 15) is 22.8 Å². The Morgan fingerprint density at radius 3 is 2.58 bits per heavy atom. The van der Waals surface area contributed by atoms with Crippen molar-refractivity contribution in [1.29, 1.82) is 0 Å². The van der Waals surface area contributed by atoms with Gasteiger partial charge >= 0.3 is 6.18 Å². The van der Waals surface area contributed by atoms with Gasteiger partial charge in [0.05, 0.1) is 24.5 Å². The van der Waals surface area contributed by atoms with Gasteiger partial charge in [0.15, 0.2) is 5.96 Å². The Morgan fingerprint density at radius 2 is 1.84 bits per heavy atom. The molecule has 3 aliphatic heterocycles. The van der Waals surface area contributed by atoms with E-state index in [2.05, 4.69) is 28.5 Å². The lowest BCUT2D eigenvalue weighted by Crippen LogP contribution is -2.50. The van der Waals surface area contributed by atoms with Crippen molar-refractivity contribution in [2.24, 2.45) is 10.7 Å². The maximum atomic E-state index is 13.6. The number of guanidine groups is 1. The molecule has 38 heavy (non-hydrogen) atoms. The summed E-state index contributed by atoms with van der Waals surface area (Å²) in [7, 11) is 0. The quantitative estimate of drug-likeness (QED) is 0.493. The van der Waals surface area contributed by atoms with Crippen LogP contribution in [0.25, 0.3) is 0 Å². The zero-order chi connectivity index (χ0) is 27.4. The molecule has 2 aromatic rings. The number of amides is 2. The summed E-state index contributed by atoms with van der Waals surface area (Å²) >= 11 is 0. The first-order valence-corrected chi connectivity index (χ1v) is 13.4. The molecule has 0 saturated carbocycles. The fraction of sp³-hybridized carbons (Fsp3) is 0.483. The highest BCUT2D eigenvalue weighted by Crippen LogP contribution is 2.37. The van der Waals surface area contributed by atoms with E-state index in [0.29, 0.717) is 6.42 Å². The highest BCUT2D eigenvalue weighted by Gasteiger charge is 2.41. The zero-order valence-electron chi connectivity index (χ0n) is 21.9. The molecule has 1 aliphatic carbocycles. The van der Waals surface area contributed by atoms with Crippen molar-refractivity contribution in [3.8, 4) is 0 Å². The molecule has 4 aliphatic rings. The van der Waals surface area contributed by atoms with E-state index < -0.39 is 24.5 Å². The number of alkyl halides is 3. The molecule has 0 radical (unpaired) electrons. The van der Waals surface area contributed by atoms with Crippen LogP contribution in [0.2, 0.25) is 0 Å². The molecule has 6 rings (SSSR count). The van der Waals surface area contributed by atoms with Gasteiger partial charge in [-0.2, -0.15) is 13.2 Å². The molecular weight excluding hydrogens is 493 g/mol. The van der Waals surface area contributed by atoms with Crippen molar-refractivity contribution < 1.29 is 22.8 Å². The van der Waals surface area contributed by atoms with Gasteiger partial charge in [0.25, 0.3) is 5.91 Å². The summed E-state index contributed by atoms with van der Waals surface area (Å²) in [4.78, 5) is 31.6. The summed E-state index contributed by atoms with van der Waals surface area (Å²) < 4.78 is 40.9. The molecule has 2 aromatic carbocycles. The van der Waals surface area contributed by atoms with Gasteiger partial charge < -0.3 is 11.1 Å². The number of fused-ring (bicyclic) bond motifs is 5. The number of hydrogen-bond donors (Lipinski definition) is 2. The second kappa shape index (κ2) is 11.6. The number of hydrogen-bond acceptors (Lipinski definition) is 4. The minimum Gasteiger partial charge on any atom is -0.369 e. The van der Waals surface area contributed by atoms with Crippen LogP contribution in [0.1, 0.15) is 97.1 Å². The van der Waals surface area contributed by atoms with Gasteiger partial charge in [-0.15, -0.1) is 0 Å². The summed E-state index contributed by atoms with van der Waals surface area (Å²) in [6, 6.07) is 10.5. The Hall–Kier alpha value is -3.36. The maximum Gasteiger partial charge on any atom is 0.391 e. The van der Waals surface area contributed by atoms with Crippen LogP contribution < -0.4 is 11.1 Å². The van der Waals surface area contributed by atoms with Crippen molar-refractivity contribution in [1.82, 2.24) is 10.2 Å². The van der Waals surface area contributed by atoms with E-state index in [1.54, 1.807) is 6.07 Å². The largest absolute Gasteiger partial charge is 0.391 e. The highest BCUT2D eigenvalue weighted by atomic mass is 19.4. The molecule has 6 bridgehead atoms. The molecular formula is C29H35F3N4O2. The lowest BCUT2D eigenvalue weighted by molar-refractivity contribution is -0.151. The number of nitrogens with one attached hydrogen (secondary N) is 1. The fourth-order valence-electron chi connectivity index (χ4n) is 5.60. The van der Waals surface area contributed by atoms with Crippen LogP contribution in [-0.2, 0) is 17.6 Å². The number of nitrogens with two attached hydrogens (primary N) is 1. The average molecular weight is 529 g/mol. The van der Waals surface area contributed by atoms with Crippen LogP contribution in [0.15, 0.2) is 47.5 Å². The van der Waals surface area contributed by atoms with E-state index in [1.807, 2.05) is 13.8 Å². The van der Waals surface area contributed by atoms with E-state index in [0.717, 1.165) is 42.6 Å². The Bertz CT molecular complexity index is 1210. The van der Waals surface area contributed by atoms with Crippen LogP contribution in [0.4, 0.5) is 13.2 Å². The molecule has 3 heterocycles. The van der Waals surface area contributed by atoms with Crippen LogP contribution in [0.5, 0.6) is 0 Å². The minimum atomic E-state index is -4.55. The summed E-state index contributed by atoms with van der Waals surface area (Å²) in [6.45, 7) is 4.00. The van der Waals surface area contributed by atoms with Crippen molar-refractivity contribution in [2.45, 2.75) is 89.5 Å². The first kappa shape index (κ1) is 27.7. The lowest BCUT2D eigenvalue weighted by atomic mass is 9.95. The second-order valence-electron chi connectivity index (χ2n) is 9.91. The van der Waals surface area contributed by atoms with Gasteiger partial charge in [-0.05, 0) is 66.5 Å². The molecule has 0 saturated heterocycles. The van der Waals surface area contributed by atoms with Gasteiger partial charge in [-0.3, -0.25) is 14.5 Å². The topological polar surface area (TPSA) is 87.8 Å². The first-order chi connectivity index (χ1) is 18.2. The number of aryl methyl sites for hydroxylation is 2. The molecule has 0 spiro atoms. The van der Waals surface area contributed by atoms with E-state index >= 15 is 0 Å². The van der Waals surface area contributed by atoms with Crippen LogP contribution in [0, 0.1) is 0 Å². The number of carbonyl (C=O) groups is 2. The second-order valence-corrected chi connectivity index (χ2v) is 9.91. The summed E-state index contributed by atoms with van der Waals surface area (Å²) in [6.07, 6.45) is -0.983. The van der Waals surface area contributed by atoms with Gasteiger partial charge in [0, 0.05) is 12.0 Å². The molecule has 2 amide bonds. The molecule has 9 heteroatoms. The third-order valence-corrected chi connectivity index (χ3v) is 7.36. The normalized spacial score (nSPS) is 23.6. The maximum absolute atomic E-state index is 13.6. The highest BCUT2D eigenvalue weighted by molar-refractivity contribution is 5.99. The predicted octanol–water partition coefficient (Wildman–Crippen LogP) is 5.77. The molecule has 204 valence electrons. The average Bonchev–Trinajstić information content (AvgIpc) is 3.27. The molecule has 3 unspecified atom stereocenters. The first-order valence-electron chi connectivity index (χ1n) is 13.4. The Balaban J connectivity index is 0.00000164. The van der Waals surface area contributed by atoms with Gasteiger partial charge in [-0.25, -0.2) is 4.99 Å². The number of carbonyl (C=O) groups excluding carboxylic acids is 2. The van der Waals surface area contributed by atoms with E-state index in [-0.39, 0.29) is 41.5 Å². The molecule has 3 N–H and O–H groups in total. The third kappa shape index (κ3) is 6.19. The summed E-state index contributed by atoms with van der Waals surface area (Å²) in [5.74, 6) is -1.05. The summed E-state index contributed by atoms with van der Waals surface area (Å²) in [5.41, 5.74) is 10.1. The standard InChI is InChI=1S/C27H29F3N4O2.C2H6/c28-27(29,30)15-23-18-5-3-6-19(13-18)25(36)33-22-11-10-17-9-8-16(12-21(17)22)4-1-2-7-20-14-24(35)34(23)26(31)32-20;1-2/h3,5-6,8-9,12-13,20,22-23H,1-2,4,7,10-11,14-15H2,(H2,31,32)(H,33,36);1-2H3. The Morgan fingerprint density at radius 1 is 1.05 bits per heavy atom. The number of halogens is 3. The Kier molecular flexibility index (Phi) is 8.43.